The second-order valence-corrected chi connectivity index (χ2v) is 5.71. The molecular formula is C19H20N2O2. The second kappa shape index (κ2) is 6.67. The summed E-state index contributed by atoms with van der Waals surface area (Å²) in [7, 11) is 0. The van der Waals surface area contributed by atoms with Gasteiger partial charge in [0, 0.05) is 29.4 Å². The fourth-order valence-electron chi connectivity index (χ4n) is 2.77. The number of H-pyrrole nitrogens is 1. The van der Waals surface area contributed by atoms with Gasteiger partial charge in [0.25, 0.3) is 0 Å². The summed E-state index contributed by atoms with van der Waals surface area (Å²) in [6, 6.07) is 13.7. The monoisotopic (exact) mass is 308 g/mol. The molecule has 1 aromatic heterocycles. The van der Waals surface area contributed by atoms with Crippen molar-refractivity contribution in [1.29, 1.82) is 0 Å². The van der Waals surface area contributed by atoms with Crippen LogP contribution in [0.2, 0.25) is 0 Å². The molecule has 3 N–H and O–H groups in total. The summed E-state index contributed by atoms with van der Waals surface area (Å²) in [5.74, 6) is -0.0395. The Balaban J connectivity index is 1.70. The first-order valence-electron chi connectivity index (χ1n) is 7.72. The largest absolute Gasteiger partial charge is 0.396 e. The van der Waals surface area contributed by atoms with Crippen LogP contribution in [-0.4, -0.2) is 22.6 Å². The molecule has 0 bridgehead atoms. The number of carbonyl (C=O) groups excluding carboxylic acids is 1. The van der Waals surface area contributed by atoms with E-state index in [-0.39, 0.29) is 12.5 Å². The maximum atomic E-state index is 12.3. The Morgan fingerprint density at radius 1 is 1.17 bits per heavy atom. The summed E-state index contributed by atoms with van der Waals surface area (Å²) in [6.07, 6.45) is 2.87. The van der Waals surface area contributed by atoms with Crippen LogP contribution in [0.15, 0.2) is 48.7 Å². The van der Waals surface area contributed by atoms with E-state index in [0.29, 0.717) is 12.8 Å². The lowest BCUT2D eigenvalue weighted by atomic mass is 10.1. The SMILES string of the molecule is Cc1cccc2c(CC(=O)Nc3ccc(CCO)cc3)c[nH]c12. The number of aliphatic hydroxyl groups is 1. The Bertz CT molecular complexity index is 819. The number of aliphatic hydroxyl groups excluding tert-OH is 1. The molecule has 0 unspecified atom stereocenters. The zero-order valence-corrected chi connectivity index (χ0v) is 13.1. The van der Waals surface area contributed by atoms with Crippen molar-refractivity contribution in [3.8, 4) is 0 Å². The average molecular weight is 308 g/mol. The van der Waals surface area contributed by atoms with Gasteiger partial charge in [0.05, 0.1) is 6.42 Å². The topological polar surface area (TPSA) is 65.1 Å². The van der Waals surface area contributed by atoms with Crippen LogP contribution >= 0.6 is 0 Å². The number of hydrogen-bond donors (Lipinski definition) is 3. The summed E-state index contributed by atoms with van der Waals surface area (Å²) in [6.45, 7) is 2.18. The molecule has 1 amide bonds. The fourth-order valence-corrected chi connectivity index (χ4v) is 2.77. The predicted molar refractivity (Wildman–Crippen MR) is 92.6 cm³/mol. The van der Waals surface area contributed by atoms with E-state index in [4.69, 9.17) is 5.11 Å². The Morgan fingerprint density at radius 2 is 1.96 bits per heavy atom. The maximum absolute atomic E-state index is 12.3. The minimum Gasteiger partial charge on any atom is -0.396 e. The van der Waals surface area contributed by atoms with Crippen molar-refractivity contribution in [3.63, 3.8) is 0 Å². The summed E-state index contributed by atoms with van der Waals surface area (Å²) in [5.41, 5.74) is 5.08. The second-order valence-electron chi connectivity index (χ2n) is 5.71. The number of anilines is 1. The minimum absolute atomic E-state index is 0.0395. The van der Waals surface area contributed by atoms with Crippen LogP contribution in [0, 0.1) is 6.92 Å². The third-order valence-electron chi connectivity index (χ3n) is 4.00. The van der Waals surface area contributed by atoms with Gasteiger partial charge >= 0.3 is 0 Å². The molecule has 0 aliphatic rings. The van der Waals surface area contributed by atoms with E-state index in [2.05, 4.69) is 23.3 Å². The van der Waals surface area contributed by atoms with Crippen LogP contribution < -0.4 is 5.32 Å². The van der Waals surface area contributed by atoms with Crippen molar-refractivity contribution >= 4 is 22.5 Å². The minimum atomic E-state index is -0.0395. The average Bonchev–Trinajstić information content (AvgIpc) is 2.94. The van der Waals surface area contributed by atoms with Gasteiger partial charge in [-0.25, -0.2) is 0 Å². The number of rotatable bonds is 5. The summed E-state index contributed by atoms with van der Waals surface area (Å²) in [4.78, 5) is 15.5. The molecule has 0 aliphatic heterocycles. The highest BCUT2D eigenvalue weighted by atomic mass is 16.2. The standard InChI is InChI=1S/C19H20N2O2/c1-13-3-2-4-17-15(12-20-19(13)17)11-18(23)21-16-7-5-14(6-8-16)9-10-22/h2-8,12,20,22H,9-11H2,1H3,(H,21,23). The van der Waals surface area contributed by atoms with Crippen LogP contribution in [-0.2, 0) is 17.6 Å². The molecule has 0 saturated heterocycles. The quantitative estimate of drug-likeness (QED) is 0.677. The van der Waals surface area contributed by atoms with Gasteiger partial charge < -0.3 is 15.4 Å². The summed E-state index contributed by atoms with van der Waals surface area (Å²) < 4.78 is 0. The first-order valence-corrected chi connectivity index (χ1v) is 7.72. The van der Waals surface area contributed by atoms with Gasteiger partial charge in [-0.15, -0.1) is 0 Å². The number of hydrogen-bond acceptors (Lipinski definition) is 2. The molecule has 4 heteroatoms. The van der Waals surface area contributed by atoms with Crippen LogP contribution in [0.5, 0.6) is 0 Å². The van der Waals surface area contributed by atoms with E-state index >= 15 is 0 Å². The Labute approximate surface area is 135 Å². The number of fused-ring (bicyclic) bond motifs is 1. The highest BCUT2D eigenvalue weighted by Gasteiger charge is 2.10. The highest BCUT2D eigenvalue weighted by molar-refractivity contribution is 5.96. The van der Waals surface area contributed by atoms with E-state index in [9.17, 15) is 4.79 Å². The van der Waals surface area contributed by atoms with Gasteiger partial charge in [-0.2, -0.15) is 0 Å². The molecule has 0 radical (unpaired) electrons. The molecule has 3 rings (SSSR count). The van der Waals surface area contributed by atoms with E-state index in [1.807, 2.05) is 42.6 Å². The molecule has 118 valence electrons. The molecule has 1 heterocycles. The Kier molecular flexibility index (Phi) is 4.44. The zero-order chi connectivity index (χ0) is 16.2. The van der Waals surface area contributed by atoms with Gasteiger partial charge in [0.1, 0.15) is 0 Å². The first-order chi connectivity index (χ1) is 11.2. The highest BCUT2D eigenvalue weighted by Crippen LogP contribution is 2.22. The Hall–Kier alpha value is -2.59. The fraction of sp³-hybridized carbons (Fsp3) is 0.211. The zero-order valence-electron chi connectivity index (χ0n) is 13.1. The smallest absolute Gasteiger partial charge is 0.228 e. The van der Waals surface area contributed by atoms with Crippen molar-refractivity contribution in [1.82, 2.24) is 4.98 Å². The van der Waals surface area contributed by atoms with Crippen molar-refractivity contribution < 1.29 is 9.90 Å². The van der Waals surface area contributed by atoms with Crippen molar-refractivity contribution in [3.05, 3.63) is 65.4 Å². The molecule has 3 aromatic rings. The number of aromatic amines is 1. The molecule has 4 nitrogen and oxygen atoms in total. The number of aryl methyl sites for hydroxylation is 1. The lowest BCUT2D eigenvalue weighted by Gasteiger charge is -2.06. The maximum Gasteiger partial charge on any atom is 0.228 e. The van der Waals surface area contributed by atoms with Crippen LogP contribution in [0.1, 0.15) is 16.7 Å². The summed E-state index contributed by atoms with van der Waals surface area (Å²) >= 11 is 0. The lowest BCUT2D eigenvalue weighted by Crippen LogP contribution is -2.14. The van der Waals surface area contributed by atoms with Crippen molar-refractivity contribution in [2.45, 2.75) is 19.8 Å². The molecule has 0 spiro atoms. The van der Waals surface area contributed by atoms with Gasteiger partial charge in [-0.3, -0.25) is 4.79 Å². The third-order valence-corrected chi connectivity index (χ3v) is 4.00. The van der Waals surface area contributed by atoms with Gasteiger partial charge in [-0.1, -0.05) is 30.3 Å². The van der Waals surface area contributed by atoms with Gasteiger partial charge in [-0.05, 0) is 42.2 Å². The molecule has 2 aromatic carbocycles. The number of benzene rings is 2. The molecule has 23 heavy (non-hydrogen) atoms. The van der Waals surface area contributed by atoms with E-state index < -0.39 is 0 Å². The molecule has 0 fully saturated rings. The van der Waals surface area contributed by atoms with E-state index in [1.54, 1.807) is 0 Å². The first kappa shape index (κ1) is 15.3. The van der Waals surface area contributed by atoms with E-state index in [1.165, 1.54) is 5.56 Å². The predicted octanol–water partition coefficient (Wildman–Crippen LogP) is 3.19. The van der Waals surface area contributed by atoms with Crippen molar-refractivity contribution in [2.24, 2.45) is 0 Å². The Morgan fingerprint density at radius 3 is 2.70 bits per heavy atom. The number of para-hydroxylation sites is 1. The van der Waals surface area contributed by atoms with E-state index in [0.717, 1.165) is 27.7 Å². The number of amides is 1. The molecule has 0 atom stereocenters. The summed E-state index contributed by atoms with van der Waals surface area (Å²) in [5, 5.41) is 12.9. The van der Waals surface area contributed by atoms with Gasteiger partial charge in [0.2, 0.25) is 5.91 Å². The normalized spacial score (nSPS) is 10.9. The van der Waals surface area contributed by atoms with Crippen LogP contribution in [0.3, 0.4) is 0 Å². The molecular weight excluding hydrogens is 288 g/mol. The third kappa shape index (κ3) is 3.43. The lowest BCUT2D eigenvalue weighted by molar-refractivity contribution is -0.115. The van der Waals surface area contributed by atoms with Crippen LogP contribution in [0.4, 0.5) is 5.69 Å². The molecule has 0 aliphatic carbocycles. The van der Waals surface area contributed by atoms with Crippen molar-refractivity contribution in [2.75, 3.05) is 11.9 Å². The number of nitrogens with one attached hydrogen (secondary N) is 2. The number of carbonyl (C=O) groups is 1. The molecule has 0 saturated carbocycles. The van der Waals surface area contributed by atoms with Gasteiger partial charge in [0.15, 0.2) is 0 Å². The number of aromatic nitrogens is 1. The van der Waals surface area contributed by atoms with Crippen LogP contribution in [0.25, 0.3) is 10.9 Å².